The van der Waals surface area contributed by atoms with Gasteiger partial charge in [0.2, 0.25) is 0 Å². The standard InChI is InChI=1S/C15H12N2O3/c18-15(19)11-3-1-10(2-4-11)9-17-14-12-6-8-20-13(12)5-7-16-14/h1-8H,9H2,(H,16,17)(H,18,19). The van der Waals surface area contributed by atoms with Gasteiger partial charge >= 0.3 is 5.97 Å². The van der Waals surface area contributed by atoms with Crippen LogP contribution in [0.25, 0.3) is 11.0 Å². The second-order valence-corrected chi connectivity index (χ2v) is 4.35. The van der Waals surface area contributed by atoms with E-state index in [0.717, 1.165) is 22.4 Å². The molecule has 2 N–H and O–H groups in total. The molecule has 0 amide bonds. The van der Waals surface area contributed by atoms with E-state index in [4.69, 9.17) is 9.52 Å². The Morgan fingerprint density at radius 3 is 2.75 bits per heavy atom. The molecule has 3 rings (SSSR count). The number of aromatic carboxylic acids is 1. The van der Waals surface area contributed by atoms with E-state index in [2.05, 4.69) is 10.3 Å². The first-order chi connectivity index (χ1) is 9.74. The zero-order chi connectivity index (χ0) is 13.9. The summed E-state index contributed by atoms with van der Waals surface area (Å²) in [5.41, 5.74) is 2.05. The Labute approximate surface area is 114 Å². The highest BCUT2D eigenvalue weighted by Crippen LogP contribution is 2.22. The second kappa shape index (κ2) is 5.05. The molecule has 0 bridgehead atoms. The lowest BCUT2D eigenvalue weighted by Gasteiger charge is -2.06. The molecule has 100 valence electrons. The molecule has 2 heterocycles. The van der Waals surface area contributed by atoms with Crippen LogP contribution in [-0.4, -0.2) is 16.1 Å². The molecule has 5 nitrogen and oxygen atoms in total. The maximum Gasteiger partial charge on any atom is 0.335 e. The SMILES string of the molecule is O=C(O)c1ccc(CNc2nccc3occc23)cc1. The number of hydrogen-bond donors (Lipinski definition) is 2. The summed E-state index contributed by atoms with van der Waals surface area (Å²) in [5, 5.41) is 13.0. The van der Waals surface area contributed by atoms with Gasteiger partial charge in [0.15, 0.2) is 0 Å². The van der Waals surface area contributed by atoms with Crippen LogP contribution in [0, 0.1) is 0 Å². The van der Waals surface area contributed by atoms with E-state index >= 15 is 0 Å². The maximum absolute atomic E-state index is 10.8. The Hall–Kier alpha value is -2.82. The number of pyridine rings is 1. The highest BCUT2D eigenvalue weighted by molar-refractivity contribution is 5.88. The number of hydrogen-bond acceptors (Lipinski definition) is 4. The van der Waals surface area contributed by atoms with Crippen molar-refractivity contribution in [3.63, 3.8) is 0 Å². The molecular weight excluding hydrogens is 256 g/mol. The van der Waals surface area contributed by atoms with Crippen molar-refractivity contribution in [2.45, 2.75) is 6.54 Å². The minimum absolute atomic E-state index is 0.281. The molecule has 2 aromatic heterocycles. The monoisotopic (exact) mass is 268 g/mol. The molecule has 5 heteroatoms. The van der Waals surface area contributed by atoms with Crippen molar-refractivity contribution in [2.24, 2.45) is 0 Å². The molecule has 0 fully saturated rings. The van der Waals surface area contributed by atoms with Gasteiger partial charge < -0.3 is 14.8 Å². The van der Waals surface area contributed by atoms with Crippen molar-refractivity contribution in [1.29, 1.82) is 0 Å². The normalized spacial score (nSPS) is 10.6. The number of carboxylic acid groups (broad SMARTS) is 1. The van der Waals surface area contributed by atoms with Crippen molar-refractivity contribution >= 4 is 22.8 Å². The van der Waals surface area contributed by atoms with E-state index in [1.165, 1.54) is 0 Å². The minimum Gasteiger partial charge on any atom is -0.478 e. The van der Waals surface area contributed by atoms with Crippen LogP contribution in [0.3, 0.4) is 0 Å². The fraction of sp³-hybridized carbons (Fsp3) is 0.0667. The number of aromatic nitrogens is 1. The summed E-state index contributed by atoms with van der Waals surface area (Å²) in [7, 11) is 0. The number of benzene rings is 1. The van der Waals surface area contributed by atoms with Crippen molar-refractivity contribution in [3.05, 3.63) is 60.0 Å². The fourth-order valence-corrected chi connectivity index (χ4v) is 1.99. The van der Waals surface area contributed by atoms with E-state index in [-0.39, 0.29) is 5.56 Å². The number of anilines is 1. The highest BCUT2D eigenvalue weighted by Gasteiger charge is 2.05. The second-order valence-electron chi connectivity index (χ2n) is 4.35. The van der Waals surface area contributed by atoms with Crippen LogP contribution in [0.4, 0.5) is 5.82 Å². The van der Waals surface area contributed by atoms with Crippen LogP contribution in [0.2, 0.25) is 0 Å². The summed E-state index contributed by atoms with van der Waals surface area (Å²) < 4.78 is 5.31. The van der Waals surface area contributed by atoms with Crippen LogP contribution >= 0.6 is 0 Å². The smallest absolute Gasteiger partial charge is 0.335 e. The van der Waals surface area contributed by atoms with Gasteiger partial charge in [-0.25, -0.2) is 9.78 Å². The van der Waals surface area contributed by atoms with Crippen LogP contribution < -0.4 is 5.32 Å². The van der Waals surface area contributed by atoms with Gasteiger partial charge in [0.1, 0.15) is 11.4 Å². The molecule has 0 saturated carbocycles. The predicted octanol–water partition coefficient (Wildman–Crippen LogP) is 3.14. The Kier molecular flexibility index (Phi) is 3.09. The molecule has 20 heavy (non-hydrogen) atoms. The zero-order valence-corrected chi connectivity index (χ0v) is 10.5. The molecule has 1 aromatic carbocycles. The quantitative estimate of drug-likeness (QED) is 0.760. The number of carboxylic acids is 1. The number of fused-ring (bicyclic) bond motifs is 1. The van der Waals surface area contributed by atoms with Crippen molar-refractivity contribution in [2.75, 3.05) is 5.32 Å². The molecule has 0 atom stereocenters. The molecule has 0 saturated heterocycles. The molecule has 0 radical (unpaired) electrons. The first-order valence-electron chi connectivity index (χ1n) is 6.12. The zero-order valence-electron chi connectivity index (χ0n) is 10.5. The van der Waals surface area contributed by atoms with Crippen LogP contribution in [0.1, 0.15) is 15.9 Å². The molecule has 0 aliphatic carbocycles. The molecule has 0 spiro atoms. The van der Waals surface area contributed by atoms with Crippen molar-refractivity contribution in [3.8, 4) is 0 Å². The average molecular weight is 268 g/mol. The Bertz CT molecular complexity index is 747. The third-order valence-corrected chi connectivity index (χ3v) is 3.04. The van der Waals surface area contributed by atoms with E-state index in [0.29, 0.717) is 6.54 Å². The van der Waals surface area contributed by atoms with Crippen LogP contribution in [-0.2, 0) is 6.54 Å². The Balaban J connectivity index is 1.76. The summed E-state index contributed by atoms with van der Waals surface area (Å²) in [6, 6.07) is 10.4. The Morgan fingerprint density at radius 2 is 2.00 bits per heavy atom. The first-order valence-corrected chi connectivity index (χ1v) is 6.12. The van der Waals surface area contributed by atoms with E-state index in [1.807, 2.05) is 12.1 Å². The van der Waals surface area contributed by atoms with Crippen molar-refractivity contribution in [1.82, 2.24) is 4.98 Å². The van der Waals surface area contributed by atoms with Gasteiger partial charge in [-0.1, -0.05) is 12.1 Å². The van der Waals surface area contributed by atoms with Crippen LogP contribution in [0.5, 0.6) is 0 Å². The number of nitrogens with zero attached hydrogens (tertiary/aromatic N) is 1. The molecule has 3 aromatic rings. The predicted molar refractivity (Wildman–Crippen MR) is 74.7 cm³/mol. The highest BCUT2D eigenvalue weighted by atomic mass is 16.4. The number of carbonyl (C=O) groups is 1. The number of nitrogens with one attached hydrogen (secondary N) is 1. The van der Waals surface area contributed by atoms with Gasteiger partial charge in [-0.05, 0) is 29.8 Å². The largest absolute Gasteiger partial charge is 0.478 e. The summed E-state index contributed by atoms with van der Waals surface area (Å²) in [6.45, 7) is 0.567. The molecule has 0 aliphatic rings. The van der Waals surface area contributed by atoms with Gasteiger partial charge in [0.05, 0.1) is 17.2 Å². The number of rotatable bonds is 4. The molecular formula is C15H12N2O3. The summed E-state index contributed by atoms with van der Waals surface area (Å²) in [5.74, 6) is -0.173. The molecule has 0 unspecified atom stereocenters. The van der Waals surface area contributed by atoms with Gasteiger partial charge in [-0.15, -0.1) is 0 Å². The lowest BCUT2D eigenvalue weighted by atomic mass is 10.1. The number of furan rings is 1. The van der Waals surface area contributed by atoms with Gasteiger partial charge in [0, 0.05) is 12.7 Å². The average Bonchev–Trinajstić information content (AvgIpc) is 2.94. The lowest BCUT2D eigenvalue weighted by Crippen LogP contribution is -2.02. The van der Waals surface area contributed by atoms with Gasteiger partial charge in [-0.2, -0.15) is 0 Å². The summed E-state index contributed by atoms with van der Waals surface area (Å²) in [6.07, 6.45) is 3.31. The summed E-state index contributed by atoms with van der Waals surface area (Å²) in [4.78, 5) is 15.0. The van der Waals surface area contributed by atoms with Gasteiger partial charge in [-0.3, -0.25) is 0 Å². The topological polar surface area (TPSA) is 75.4 Å². The third kappa shape index (κ3) is 2.33. The molecule has 0 aliphatic heterocycles. The fourth-order valence-electron chi connectivity index (χ4n) is 1.99. The van der Waals surface area contributed by atoms with E-state index in [9.17, 15) is 4.79 Å². The summed E-state index contributed by atoms with van der Waals surface area (Å²) >= 11 is 0. The van der Waals surface area contributed by atoms with Gasteiger partial charge in [0.25, 0.3) is 0 Å². The maximum atomic E-state index is 10.8. The van der Waals surface area contributed by atoms with E-state index < -0.39 is 5.97 Å². The van der Waals surface area contributed by atoms with Crippen LogP contribution in [0.15, 0.2) is 53.3 Å². The lowest BCUT2D eigenvalue weighted by molar-refractivity contribution is 0.0697. The van der Waals surface area contributed by atoms with E-state index in [1.54, 1.807) is 36.7 Å². The first kappa shape index (κ1) is 12.2. The third-order valence-electron chi connectivity index (χ3n) is 3.04. The minimum atomic E-state index is -0.922. The Morgan fingerprint density at radius 1 is 1.20 bits per heavy atom. The van der Waals surface area contributed by atoms with Crippen molar-refractivity contribution < 1.29 is 14.3 Å².